The maximum atomic E-state index is 13.4. The van der Waals surface area contributed by atoms with Crippen LogP contribution in [0.25, 0.3) is 0 Å². The van der Waals surface area contributed by atoms with Crippen LogP contribution in [0.5, 0.6) is 0 Å². The fourth-order valence-electron chi connectivity index (χ4n) is 2.66. The van der Waals surface area contributed by atoms with E-state index in [4.69, 9.17) is 4.74 Å². The van der Waals surface area contributed by atoms with E-state index in [1.54, 1.807) is 18.2 Å². The minimum Gasteiger partial charge on any atom is -0.467 e. The number of alkyl halides is 3. The number of allylic oxidation sites excluding steroid dienone is 1. The van der Waals surface area contributed by atoms with Gasteiger partial charge in [0, 0.05) is 36.8 Å². The fourth-order valence-corrected chi connectivity index (χ4v) is 2.66. The lowest BCUT2D eigenvalue weighted by molar-refractivity contribution is -0.262. The van der Waals surface area contributed by atoms with E-state index >= 15 is 0 Å². The van der Waals surface area contributed by atoms with Crippen molar-refractivity contribution in [2.75, 3.05) is 33.4 Å². The first-order chi connectivity index (χ1) is 12.7. The molecule has 0 spiro atoms. The molecule has 1 N–H and O–H groups in total. The minimum atomic E-state index is -5.28. The smallest absolute Gasteiger partial charge is 0.428 e. The molecule has 148 valence electrons. The Kier molecular flexibility index (Phi) is 6.61. The Balaban J connectivity index is 2.41. The number of ketones is 1. The molecule has 27 heavy (non-hydrogen) atoms. The van der Waals surface area contributed by atoms with Gasteiger partial charge in [-0.1, -0.05) is 30.3 Å². The molecule has 1 aromatic rings. The topological polar surface area (TPSA) is 76.1 Å². The lowest BCUT2D eigenvalue weighted by Gasteiger charge is -2.35. The Bertz CT molecular complexity index is 699. The SMILES string of the molecule is COC(=O)C(O)(C/C(=C\C(=O)c1ccccc1)N1CCOCC1)C(F)(F)F. The predicted octanol–water partition coefficient (Wildman–Crippen LogP) is 1.94. The van der Waals surface area contributed by atoms with Crippen molar-refractivity contribution in [1.82, 2.24) is 4.90 Å². The van der Waals surface area contributed by atoms with E-state index in [2.05, 4.69) is 4.74 Å². The van der Waals surface area contributed by atoms with Crippen molar-refractivity contribution in [1.29, 1.82) is 0 Å². The second kappa shape index (κ2) is 8.53. The Morgan fingerprint density at radius 2 is 1.81 bits per heavy atom. The molecule has 6 nitrogen and oxygen atoms in total. The molecule has 2 rings (SSSR count). The highest BCUT2D eigenvalue weighted by atomic mass is 19.4. The van der Waals surface area contributed by atoms with Crippen molar-refractivity contribution < 1.29 is 37.3 Å². The van der Waals surface area contributed by atoms with Crippen LogP contribution in [0.3, 0.4) is 0 Å². The van der Waals surface area contributed by atoms with E-state index in [1.165, 1.54) is 17.0 Å². The normalized spacial score (nSPS) is 18.0. The number of carbonyl (C=O) groups excluding carboxylic acids is 2. The number of halogens is 3. The molecular weight excluding hydrogens is 367 g/mol. The Morgan fingerprint density at radius 3 is 2.33 bits per heavy atom. The summed E-state index contributed by atoms with van der Waals surface area (Å²) >= 11 is 0. The summed E-state index contributed by atoms with van der Waals surface area (Å²) in [4.78, 5) is 25.7. The summed E-state index contributed by atoms with van der Waals surface area (Å²) in [5, 5.41) is 10.1. The molecule has 0 radical (unpaired) electrons. The highest BCUT2D eigenvalue weighted by molar-refractivity contribution is 6.04. The second-order valence-electron chi connectivity index (χ2n) is 5.99. The lowest BCUT2D eigenvalue weighted by Crippen LogP contribution is -2.54. The number of hydrogen-bond donors (Lipinski definition) is 1. The van der Waals surface area contributed by atoms with Crippen LogP contribution >= 0.6 is 0 Å². The first kappa shape index (κ1) is 20.9. The predicted molar refractivity (Wildman–Crippen MR) is 88.9 cm³/mol. The van der Waals surface area contributed by atoms with Crippen LogP contribution in [0.15, 0.2) is 42.1 Å². The summed E-state index contributed by atoms with van der Waals surface area (Å²) in [5.41, 5.74) is -3.60. The van der Waals surface area contributed by atoms with E-state index in [9.17, 15) is 27.9 Å². The molecule has 0 bridgehead atoms. The zero-order valence-corrected chi connectivity index (χ0v) is 14.7. The number of hydrogen-bond acceptors (Lipinski definition) is 6. The van der Waals surface area contributed by atoms with Crippen molar-refractivity contribution in [2.24, 2.45) is 0 Å². The van der Waals surface area contributed by atoms with E-state index in [0.717, 1.165) is 13.2 Å². The van der Waals surface area contributed by atoms with Gasteiger partial charge in [0.25, 0.3) is 5.60 Å². The molecule has 0 aliphatic carbocycles. The third kappa shape index (κ3) is 4.86. The summed E-state index contributed by atoms with van der Waals surface area (Å²) in [5.74, 6) is -2.37. The third-order valence-electron chi connectivity index (χ3n) is 4.20. The Labute approximate surface area is 154 Å². The first-order valence-corrected chi connectivity index (χ1v) is 8.19. The van der Waals surface area contributed by atoms with Crippen molar-refractivity contribution in [3.63, 3.8) is 0 Å². The molecule has 0 amide bonds. The number of esters is 1. The second-order valence-corrected chi connectivity index (χ2v) is 5.99. The van der Waals surface area contributed by atoms with Gasteiger partial charge in [0.15, 0.2) is 5.78 Å². The van der Waals surface area contributed by atoms with Crippen LogP contribution in [0.1, 0.15) is 16.8 Å². The maximum Gasteiger partial charge on any atom is 0.428 e. The van der Waals surface area contributed by atoms with E-state index in [0.29, 0.717) is 0 Å². The molecule has 9 heteroatoms. The van der Waals surface area contributed by atoms with Gasteiger partial charge in [-0.05, 0) is 0 Å². The van der Waals surface area contributed by atoms with E-state index < -0.39 is 30.0 Å². The lowest BCUT2D eigenvalue weighted by atomic mass is 9.94. The van der Waals surface area contributed by atoms with E-state index in [1.807, 2.05) is 0 Å². The van der Waals surface area contributed by atoms with Crippen LogP contribution in [0, 0.1) is 0 Å². The number of morpholine rings is 1. The van der Waals surface area contributed by atoms with Gasteiger partial charge in [-0.3, -0.25) is 4.79 Å². The zero-order valence-electron chi connectivity index (χ0n) is 14.7. The van der Waals surface area contributed by atoms with Gasteiger partial charge in [0.2, 0.25) is 0 Å². The minimum absolute atomic E-state index is 0.114. The van der Waals surface area contributed by atoms with Gasteiger partial charge in [0.05, 0.1) is 20.3 Å². The molecule has 1 aromatic carbocycles. The molecule has 1 aliphatic heterocycles. The number of benzene rings is 1. The van der Waals surface area contributed by atoms with E-state index in [-0.39, 0.29) is 37.6 Å². The summed E-state index contributed by atoms with van der Waals surface area (Å²) in [7, 11) is 0.756. The molecule has 0 saturated carbocycles. The van der Waals surface area contributed by atoms with Crippen LogP contribution in [-0.2, 0) is 14.3 Å². The number of aliphatic hydroxyl groups is 1. The fraction of sp³-hybridized carbons (Fsp3) is 0.444. The average Bonchev–Trinajstić information content (AvgIpc) is 2.67. The molecule has 1 atom stereocenters. The van der Waals surface area contributed by atoms with Gasteiger partial charge in [-0.25, -0.2) is 4.79 Å². The van der Waals surface area contributed by atoms with Crippen LogP contribution < -0.4 is 0 Å². The molecule has 0 aromatic heterocycles. The number of carbonyl (C=O) groups is 2. The Hall–Kier alpha value is -2.39. The average molecular weight is 387 g/mol. The van der Waals surface area contributed by atoms with Gasteiger partial charge >= 0.3 is 12.1 Å². The standard InChI is InChI=1S/C18H20F3NO5/c1-26-16(24)17(25,18(19,20)21)12-14(22-7-9-27-10-8-22)11-15(23)13-5-3-2-4-6-13/h2-6,11,25H,7-10,12H2,1H3/b14-11+. The van der Waals surface area contributed by atoms with Crippen molar-refractivity contribution in [3.8, 4) is 0 Å². The number of rotatable bonds is 6. The van der Waals surface area contributed by atoms with Crippen LogP contribution in [-0.4, -0.2) is 66.9 Å². The molecule has 1 aliphatic rings. The maximum absolute atomic E-state index is 13.4. The van der Waals surface area contributed by atoms with Crippen molar-refractivity contribution >= 4 is 11.8 Å². The van der Waals surface area contributed by atoms with Crippen LogP contribution in [0.2, 0.25) is 0 Å². The summed E-state index contributed by atoms with van der Waals surface area (Å²) < 4.78 is 49.6. The quantitative estimate of drug-likeness (QED) is 0.457. The largest absolute Gasteiger partial charge is 0.467 e. The van der Waals surface area contributed by atoms with Gasteiger partial charge in [-0.2, -0.15) is 13.2 Å². The van der Waals surface area contributed by atoms with Crippen molar-refractivity contribution in [3.05, 3.63) is 47.7 Å². The third-order valence-corrected chi connectivity index (χ3v) is 4.20. The first-order valence-electron chi connectivity index (χ1n) is 8.19. The molecule has 1 saturated heterocycles. The molecule has 1 fully saturated rings. The number of nitrogens with zero attached hydrogens (tertiary/aromatic N) is 1. The van der Waals surface area contributed by atoms with Crippen LogP contribution in [0.4, 0.5) is 13.2 Å². The van der Waals surface area contributed by atoms with Gasteiger partial charge < -0.3 is 19.5 Å². The number of methoxy groups -OCH3 is 1. The highest BCUT2D eigenvalue weighted by Crippen LogP contribution is 2.37. The molecular formula is C18H20F3NO5. The zero-order chi connectivity index (χ0) is 20.1. The van der Waals surface area contributed by atoms with Gasteiger partial charge in [-0.15, -0.1) is 0 Å². The molecule has 1 heterocycles. The summed E-state index contributed by atoms with van der Waals surface area (Å²) in [6, 6.07) is 7.98. The molecule has 1 unspecified atom stereocenters. The van der Waals surface area contributed by atoms with Crippen molar-refractivity contribution in [2.45, 2.75) is 18.2 Å². The Morgan fingerprint density at radius 1 is 1.22 bits per heavy atom. The van der Waals surface area contributed by atoms with Gasteiger partial charge in [0.1, 0.15) is 0 Å². The highest BCUT2D eigenvalue weighted by Gasteiger charge is 2.61. The number of ether oxygens (including phenoxy) is 2. The summed E-state index contributed by atoms with van der Waals surface area (Å²) in [6.45, 7) is 0.950. The monoisotopic (exact) mass is 387 g/mol. The summed E-state index contributed by atoms with van der Waals surface area (Å²) in [6.07, 6.45) is -5.40.